The Labute approximate surface area is 64.0 Å². The standard InChI is InChI=1S/C9H17N/c1-5-7-10(8-6-2)9(3)4/h5-9H,1-4H3. The van der Waals surface area contributed by atoms with Gasteiger partial charge >= 0.3 is 0 Å². The number of nitrogens with zero attached hydrogens (tertiary/aromatic N) is 1. The largest absolute Gasteiger partial charge is 0.352 e. The summed E-state index contributed by atoms with van der Waals surface area (Å²) >= 11 is 0. The van der Waals surface area contributed by atoms with Gasteiger partial charge in [-0.2, -0.15) is 0 Å². The molecule has 0 amide bonds. The Hall–Kier alpha value is -0.720. The minimum Gasteiger partial charge on any atom is -0.352 e. The van der Waals surface area contributed by atoms with E-state index in [1.807, 2.05) is 26.0 Å². The fourth-order valence-corrected chi connectivity index (χ4v) is 0.738. The van der Waals surface area contributed by atoms with Crippen LogP contribution in [0.4, 0.5) is 0 Å². The highest BCUT2D eigenvalue weighted by Crippen LogP contribution is 1.99. The highest BCUT2D eigenvalue weighted by Gasteiger charge is 1.96. The molecule has 0 aromatic carbocycles. The smallest absolute Gasteiger partial charge is 0.0273 e. The van der Waals surface area contributed by atoms with Crippen molar-refractivity contribution in [1.29, 1.82) is 0 Å². The predicted molar refractivity (Wildman–Crippen MR) is 46.6 cm³/mol. The molecule has 0 aliphatic carbocycles. The summed E-state index contributed by atoms with van der Waals surface area (Å²) in [5, 5.41) is 0. The molecule has 0 atom stereocenters. The van der Waals surface area contributed by atoms with Gasteiger partial charge in [0.05, 0.1) is 0 Å². The van der Waals surface area contributed by atoms with Crippen molar-refractivity contribution in [3.05, 3.63) is 24.6 Å². The monoisotopic (exact) mass is 139 g/mol. The molecular formula is C9H17N. The van der Waals surface area contributed by atoms with E-state index in [1.165, 1.54) is 0 Å². The molecule has 0 aliphatic rings. The van der Waals surface area contributed by atoms with E-state index in [2.05, 4.69) is 31.1 Å². The average molecular weight is 139 g/mol. The molecule has 0 spiro atoms. The van der Waals surface area contributed by atoms with Crippen LogP contribution in [0.1, 0.15) is 27.7 Å². The molecular weight excluding hydrogens is 122 g/mol. The van der Waals surface area contributed by atoms with E-state index in [1.54, 1.807) is 0 Å². The van der Waals surface area contributed by atoms with Crippen molar-refractivity contribution in [2.45, 2.75) is 33.7 Å². The van der Waals surface area contributed by atoms with Crippen LogP contribution in [0.25, 0.3) is 0 Å². The molecule has 0 unspecified atom stereocenters. The van der Waals surface area contributed by atoms with Crippen molar-refractivity contribution in [3.8, 4) is 0 Å². The molecule has 0 N–H and O–H groups in total. The number of allylic oxidation sites excluding steroid dienone is 2. The SMILES string of the molecule is CC=CN(C=CC)C(C)C. The van der Waals surface area contributed by atoms with E-state index in [4.69, 9.17) is 0 Å². The zero-order chi connectivity index (χ0) is 7.98. The average Bonchev–Trinajstić information content (AvgIpc) is 1.87. The highest BCUT2D eigenvalue weighted by atomic mass is 15.1. The summed E-state index contributed by atoms with van der Waals surface area (Å²) in [5.74, 6) is 0. The van der Waals surface area contributed by atoms with Crippen molar-refractivity contribution in [2.75, 3.05) is 0 Å². The Morgan fingerprint density at radius 2 is 1.40 bits per heavy atom. The normalized spacial score (nSPS) is 12.1. The first kappa shape index (κ1) is 9.28. The molecule has 0 rings (SSSR count). The van der Waals surface area contributed by atoms with Gasteiger partial charge in [-0.1, -0.05) is 12.2 Å². The lowest BCUT2D eigenvalue weighted by Crippen LogP contribution is -2.18. The molecule has 0 aromatic heterocycles. The second kappa shape index (κ2) is 5.10. The second-order valence-electron chi connectivity index (χ2n) is 2.51. The van der Waals surface area contributed by atoms with Crippen molar-refractivity contribution < 1.29 is 0 Å². The summed E-state index contributed by atoms with van der Waals surface area (Å²) in [5.41, 5.74) is 0. The summed E-state index contributed by atoms with van der Waals surface area (Å²) in [7, 11) is 0. The van der Waals surface area contributed by atoms with Gasteiger partial charge in [0.2, 0.25) is 0 Å². The number of rotatable bonds is 3. The molecule has 0 aromatic rings. The van der Waals surface area contributed by atoms with Crippen molar-refractivity contribution in [3.63, 3.8) is 0 Å². The topological polar surface area (TPSA) is 3.24 Å². The maximum absolute atomic E-state index is 2.17. The lowest BCUT2D eigenvalue weighted by Gasteiger charge is -2.19. The summed E-state index contributed by atoms with van der Waals surface area (Å²) in [4.78, 5) is 2.17. The summed E-state index contributed by atoms with van der Waals surface area (Å²) < 4.78 is 0. The van der Waals surface area contributed by atoms with Crippen LogP contribution in [-0.4, -0.2) is 10.9 Å². The Morgan fingerprint density at radius 3 is 1.60 bits per heavy atom. The van der Waals surface area contributed by atoms with Crippen LogP contribution in [0.15, 0.2) is 24.6 Å². The summed E-state index contributed by atoms with van der Waals surface area (Å²) in [6.45, 7) is 8.39. The van der Waals surface area contributed by atoms with Gasteiger partial charge in [-0.25, -0.2) is 0 Å². The van der Waals surface area contributed by atoms with Crippen LogP contribution in [0, 0.1) is 0 Å². The number of hydrogen-bond donors (Lipinski definition) is 0. The van der Waals surface area contributed by atoms with Gasteiger partial charge < -0.3 is 4.90 Å². The van der Waals surface area contributed by atoms with Gasteiger partial charge in [0.15, 0.2) is 0 Å². The minimum absolute atomic E-state index is 0.549. The maximum atomic E-state index is 2.17. The molecule has 58 valence electrons. The zero-order valence-corrected chi connectivity index (χ0v) is 7.33. The molecule has 10 heavy (non-hydrogen) atoms. The van der Waals surface area contributed by atoms with Gasteiger partial charge in [0.1, 0.15) is 0 Å². The number of hydrogen-bond acceptors (Lipinski definition) is 1. The molecule has 1 nitrogen and oxygen atoms in total. The van der Waals surface area contributed by atoms with E-state index in [0.717, 1.165) is 0 Å². The molecule has 0 fully saturated rings. The lowest BCUT2D eigenvalue weighted by molar-refractivity contribution is 0.416. The Balaban J connectivity index is 3.98. The molecule has 0 aliphatic heterocycles. The first-order chi connectivity index (χ1) is 4.72. The third-order valence-electron chi connectivity index (χ3n) is 1.24. The van der Waals surface area contributed by atoms with Gasteiger partial charge in [-0.15, -0.1) is 0 Å². The fourth-order valence-electron chi connectivity index (χ4n) is 0.738. The van der Waals surface area contributed by atoms with E-state index in [0.29, 0.717) is 6.04 Å². The zero-order valence-electron chi connectivity index (χ0n) is 7.33. The fraction of sp³-hybridized carbons (Fsp3) is 0.556. The van der Waals surface area contributed by atoms with Crippen molar-refractivity contribution in [1.82, 2.24) is 4.90 Å². The van der Waals surface area contributed by atoms with Crippen LogP contribution in [0.3, 0.4) is 0 Å². The van der Waals surface area contributed by atoms with Crippen molar-refractivity contribution >= 4 is 0 Å². The Kier molecular flexibility index (Phi) is 4.73. The Bertz CT molecular complexity index is 111. The van der Waals surface area contributed by atoms with Gasteiger partial charge in [-0.05, 0) is 40.1 Å². The summed E-state index contributed by atoms with van der Waals surface area (Å²) in [6.07, 6.45) is 8.23. The highest BCUT2D eigenvalue weighted by molar-refractivity contribution is 4.90. The molecule has 0 saturated heterocycles. The van der Waals surface area contributed by atoms with Crippen LogP contribution in [0.2, 0.25) is 0 Å². The van der Waals surface area contributed by atoms with Gasteiger partial charge in [0.25, 0.3) is 0 Å². The van der Waals surface area contributed by atoms with E-state index < -0.39 is 0 Å². The van der Waals surface area contributed by atoms with E-state index in [-0.39, 0.29) is 0 Å². The third kappa shape index (κ3) is 3.33. The first-order valence-electron chi connectivity index (χ1n) is 3.75. The van der Waals surface area contributed by atoms with Crippen LogP contribution in [0.5, 0.6) is 0 Å². The predicted octanol–water partition coefficient (Wildman–Crippen LogP) is 2.76. The first-order valence-corrected chi connectivity index (χ1v) is 3.75. The van der Waals surface area contributed by atoms with Gasteiger partial charge in [-0.3, -0.25) is 0 Å². The quantitative estimate of drug-likeness (QED) is 0.581. The summed E-state index contributed by atoms with van der Waals surface area (Å²) in [6, 6.07) is 0.549. The maximum Gasteiger partial charge on any atom is 0.0273 e. The Morgan fingerprint density at radius 1 is 1.00 bits per heavy atom. The van der Waals surface area contributed by atoms with Crippen LogP contribution in [-0.2, 0) is 0 Å². The molecule has 1 heteroatoms. The van der Waals surface area contributed by atoms with Crippen LogP contribution >= 0.6 is 0 Å². The van der Waals surface area contributed by atoms with Gasteiger partial charge in [0, 0.05) is 6.04 Å². The third-order valence-corrected chi connectivity index (χ3v) is 1.24. The van der Waals surface area contributed by atoms with Crippen molar-refractivity contribution in [2.24, 2.45) is 0 Å². The van der Waals surface area contributed by atoms with Crippen LogP contribution < -0.4 is 0 Å². The van der Waals surface area contributed by atoms with E-state index >= 15 is 0 Å². The molecule has 0 bridgehead atoms. The van der Waals surface area contributed by atoms with E-state index in [9.17, 15) is 0 Å². The molecule has 0 heterocycles. The lowest BCUT2D eigenvalue weighted by atomic mass is 10.3. The molecule has 0 radical (unpaired) electrons. The second-order valence-corrected chi connectivity index (χ2v) is 2.51. The molecule has 0 saturated carbocycles. The minimum atomic E-state index is 0.549.